The van der Waals surface area contributed by atoms with E-state index >= 15 is 0 Å². The van der Waals surface area contributed by atoms with Gasteiger partial charge in [0, 0.05) is 18.5 Å². The van der Waals surface area contributed by atoms with Crippen LogP contribution in [0.1, 0.15) is 32.6 Å². The van der Waals surface area contributed by atoms with E-state index in [1.807, 2.05) is 0 Å². The van der Waals surface area contributed by atoms with Gasteiger partial charge in [0.15, 0.2) is 0 Å². The molecule has 0 spiro atoms. The second-order valence-corrected chi connectivity index (χ2v) is 4.75. The van der Waals surface area contributed by atoms with Crippen LogP contribution in [-0.4, -0.2) is 41.6 Å². The maximum absolute atomic E-state index is 9.30. The average Bonchev–Trinajstić information content (AvgIpc) is 2.42. The summed E-state index contributed by atoms with van der Waals surface area (Å²) in [6, 6.07) is 0.378. The summed E-state index contributed by atoms with van der Waals surface area (Å²) in [7, 11) is 0. The molecule has 1 N–H and O–H groups in total. The normalized spacial score (nSPS) is 27.2. The molecule has 0 radical (unpaired) electrons. The first-order chi connectivity index (χ1) is 6.77. The molecule has 0 aromatic heterocycles. The third kappa shape index (κ3) is 3.76. The van der Waals surface area contributed by atoms with E-state index in [0.29, 0.717) is 24.4 Å². The van der Waals surface area contributed by atoms with Gasteiger partial charge in [-0.05, 0) is 25.3 Å². The molecule has 0 aliphatic carbocycles. The van der Waals surface area contributed by atoms with Crippen molar-refractivity contribution in [1.82, 2.24) is 4.90 Å². The lowest BCUT2D eigenvalue weighted by Crippen LogP contribution is -2.40. The Morgan fingerprint density at radius 1 is 1.43 bits per heavy atom. The lowest BCUT2D eigenvalue weighted by molar-refractivity contribution is 0.114. The number of rotatable bonds is 4. The molecule has 1 heterocycles. The predicted octanol–water partition coefficient (Wildman–Crippen LogP) is 2.10. The highest BCUT2D eigenvalue weighted by atomic mass is 35.5. The van der Waals surface area contributed by atoms with E-state index in [1.54, 1.807) is 0 Å². The zero-order valence-electron chi connectivity index (χ0n) is 9.08. The van der Waals surface area contributed by atoms with Gasteiger partial charge in [-0.25, -0.2) is 0 Å². The van der Waals surface area contributed by atoms with Crippen LogP contribution in [0, 0.1) is 5.92 Å². The smallest absolute Gasteiger partial charge is 0.0586 e. The summed E-state index contributed by atoms with van der Waals surface area (Å²) in [4.78, 5) is 2.42. The van der Waals surface area contributed by atoms with Gasteiger partial charge in [-0.1, -0.05) is 19.8 Å². The molecule has 0 bridgehead atoms. The summed E-state index contributed by atoms with van der Waals surface area (Å²) in [6.07, 6.45) is 4.98. The summed E-state index contributed by atoms with van der Waals surface area (Å²) < 4.78 is 0. The Bertz CT molecular complexity index is 154. The van der Waals surface area contributed by atoms with Crippen LogP contribution in [0.3, 0.4) is 0 Å². The topological polar surface area (TPSA) is 23.5 Å². The van der Waals surface area contributed by atoms with E-state index < -0.39 is 0 Å². The second kappa shape index (κ2) is 6.65. The molecule has 3 heteroatoms. The van der Waals surface area contributed by atoms with Gasteiger partial charge in [-0.2, -0.15) is 0 Å². The highest BCUT2D eigenvalue weighted by molar-refractivity contribution is 6.18. The molecule has 2 atom stereocenters. The van der Waals surface area contributed by atoms with Gasteiger partial charge in [0.2, 0.25) is 0 Å². The Morgan fingerprint density at radius 3 is 2.86 bits per heavy atom. The van der Waals surface area contributed by atoms with Crippen LogP contribution in [0.5, 0.6) is 0 Å². The number of likely N-dealkylation sites (tertiary alicyclic amines) is 1. The third-order valence-electron chi connectivity index (χ3n) is 3.02. The first-order valence-electron chi connectivity index (χ1n) is 5.68. The van der Waals surface area contributed by atoms with Crippen molar-refractivity contribution in [2.45, 2.75) is 38.6 Å². The molecule has 1 saturated heterocycles. The number of hydrogen-bond acceptors (Lipinski definition) is 2. The van der Waals surface area contributed by atoms with Crippen molar-refractivity contribution in [2.24, 2.45) is 5.92 Å². The van der Waals surface area contributed by atoms with Crippen molar-refractivity contribution in [2.75, 3.05) is 25.6 Å². The Morgan fingerprint density at radius 2 is 2.21 bits per heavy atom. The minimum Gasteiger partial charge on any atom is -0.395 e. The van der Waals surface area contributed by atoms with Gasteiger partial charge >= 0.3 is 0 Å². The van der Waals surface area contributed by atoms with Gasteiger partial charge in [0.1, 0.15) is 0 Å². The van der Waals surface area contributed by atoms with Crippen molar-refractivity contribution in [3.8, 4) is 0 Å². The summed E-state index contributed by atoms with van der Waals surface area (Å²) in [5.41, 5.74) is 0. The fourth-order valence-electron chi connectivity index (χ4n) is 2.13. The van der Waals surface area contributed by atoms with E-state index in [2.05, 4.69) is 11.8 Å². The van der Waals surface area contributed by atoms with Crippen LogP contribution >= 0.6 is 11.6 Å². The number of halogens is 1. The van der Waals surface area contributed by atoms with E-state index in [9.17, 15) is 5.11 Å². The standard InChI is InChI=1S/C11H22ClNO/c1-10(7-12)8-13-6-4-2-3-5-11(13)9-14/h10-11,14H,2-9H2,1H3. The van der Waals surface area contributed by atoms with E-state index in [-0.39, 0.29) is 0 Å². The SMILES string of the molecule is CC(CCl)CN1CCCCCC1CO. The van der Waals surface area contributed by atoms with Crippen LogP contribution in [0.4, 0.5) is 0 Å². The molecule has 0 aromatic carbocycles. The van der Waals surface area contributed by atoms with Crippen LogP contribution in [0.2, 0.25) is 0 Å². The van der Waals surface area contributed by atoms with Gasteiger partial charge in [0.05, 0.1) is 6.61 Å². The van der Waals surface area contributed by atoms with Gasteiger partial charge < -0.3 is 5.11 Å². The van der Waals surface area contributed by atoms with Crippen LogP contribution in [-0.2, 0) is 0 Å². The van der Waals surface area contributed by atoms with Crippen molar-refractivity contribution < 1.29 is 5.11 Å². The molecule has 84 valence electrons. The zero-order valence-corrected chi connectivity index (χ0v) is 9.84. The highest BCUT2D eigenvalue weighted by Gasteiger charge is 2.21. The molecule has 1 fully saturated rings. The Hall–Kier alpha value is 0.210. The van der Waals surface area contributed by atoms with E-state index in [4.69, 9.17) is 11.6 Å². The fraction of sp³-hybridized carbons (Fsp3) is 1.00. The Kier molecular flexibility index (Phi) is 5.83. The Labute approximate surface area is 92.2 Å². The van der Waals surface area contributed by atoms with Crippen LogP contribution < -0.4 is 0 Å². The molecule has 0 saturated carbocycles. The number of nitrogens with zero attached hydrogens (tertiary/aromatic N) is 1. The van der Waals surface area contributed by atoms with E-state index in [0.717, 1.165) is 19.5 Å². The molecule has 0 aromatic rings. The molecule has 1 rings (SSSR count). The minimum absolute atomic E-state index is 0.301. The maximum atomic E-state index is 9.30. The van der Waals surface area contributed by atoms with Crippen LogP contribution in [0.25, 0.3) is 0 Å². The molecule has 0 amide bonds. The lowest BCUT2D eigenvalue weighted by Gasteiger charge is -2.30. The number of hydrogen-bond donors (Lipinski definition) is 1. The monoisotopic (exact) mass is 219 g/mol. The quantitative estimate of drug-likeness (QED) is 0.733. The maximum Gasteiger partial charge on any atom is 0.0586 e. The molecule has 2 nitrogen and oxygen atoms in total. The highest BCUT2D eigenvalue weighted by Crippen LogP contribution is 2.18. The molecule has 14 heavy (non-hydrogen) atoms. The average molecular weight is 220 g/mol. The Balaban J connectivity index is 2.43. The molecular weight excluding hydrogens is 198 g/mol. The molecule has 1 aliphatic rings. The first kappa shape index (κ1) is 12.3. The third-order valence-corrected chi connectivity index (χ3v) is 3.55. The molecular formula is C11H22ClNO. The molecule has 1 aliphatic heterocycles. The second-order valence-electron chi connectivity index (χ2n) is 4.44. The van der Waals surface area contributed by atoms with Gasteiger partial charge in [-0.3, -0.25) is 4.90 Å². The number of alkyl halides is 1. The van der Waals surface area contributed by atoms with Crippen LogP contribution in [0.15, 0.2) is 0 Å². The predicted molar refractivity (Wildman–Crippen MR) is 60.8 cm³/mol. The van der Waals surface area contributed by atoms with Gasteiger partial charge in [-0.15, -0.1) is 11.6 Å². The summed E-state index contributed by atoms with van der Waals surface area (Å²) in [6.45, 7) is 4.64. The summed E-state index contributed by atoms with van der Waals surface area (Å²) in [5, 5.41) is 9.30. The fourth-order valence-corrected chi connectivity index (χ4v) is 2.23. The minimum atomic E-state index is 0.301. The van der Waals surface area contributed by atoms with E-state index in [1.165, 1.54) is 19.3 Å². The van der Waals surface area contributed by atoms with Gasteiger partial charge in [0.25, 0.3) is 0 Å². The number of aliphatic hydroxyl groups excluding tert-OH is 1. The number of aliphatic hydroxyl groups is 1. The van der Waals surface area contributed by atoms with Crippen molar-refractivity contribution in [3.63, 3.8) is 0 Å². The lowest BCUT2D eigenvalue weighted by atomic mass is 10.1. The molecule has 2 unspecified atom stereocenters. The van der Waals surface area contributed by atoms with Crippen molar-refractivity contribution in [1.29, 1.82) is 0 Å². The largest absolute Gasteiger partial charge is 0.395 e. The summed E-state index contributed by atoms with van der Waals surface area (Å²) >= 11 is 5.81. The zero-order chi connectivity index (χ0) is 10.4. The summed E-state index contributed by atoms with van der Waals surface area (Å²) in [5.74, 6) is 1.25. The first-order valence-corrected chi connectivity index (χ1v) is 6.22. The van der Waals surface area contributed by atoms with Crippen molar-refractivity contribution in [3.05, 3.63) is 0 Å². The van der Waals surface area contributed by atoms with Crippen molar-refractivity contribution >= 4 is 11.6 Å².